The molecule has 0 N–H and O–H groups in total. The number of Topliss-reactive ketones (excluding diaryl/α,β-unsaturated/α-hetero) is 1. The lowest BCUT2D eigenvalue weighted by Crippen LogP contribution is -2.54. The van der Waals surface area contributed by atoms with Crippen LogP contribution in [0.1, 0.15) is 45.1 Å². The highest BCUT2D eigenvalue weighted by atomic mass is 19.1. The number of halogens is 1. The minimum atomic E-state index is -0.332. The third-order valence-electron chi connectivity index (χ3n) is 4.50. The van der Waals surface area contributed by atoms with Gasteiger partial charge in [0.25, 0.3) is 0 Å². The fraction of sp³-hybridized carbons (Fsp3) is 0.533. The van der Waals surface area contributed by atoms with Crippen LogP contribution in [0, 0.1) is 17.2 Å². The van der Waals surface area contributed by atoms with Gasteiger partial charge in [0.15, 0.2) is 0 Å². The summed E-state index contributed by atoms with van der Waals surface area (Å²) in [6, 6.07) is 6.86. The first-order valence-corrected chi connectivity index (χ1v) is 6.37. The lowest BCUT2D eigenvalue weighted by atomic mass is 9.49. The Bertz CT molecular complexity index is 434. The van der Waals surface area contributed by atoms with E-state index in [9.17, 15) is 9.18 Å². The van der Waals surface area contributed by atoms with Gasteiger partial charge in [0.2, 0.25) is 0 Å². The monoisotopic (exact) mass is 234 g/mol. The summed E-state index contributed by atoms with van der Waals surface area (Å²) >= 11 is 0. The van der Waals surface area contributed by atoms with Crippen molar-refractivity contribution in [3.63, 3.8) is 0 Å². The van der Waals surface area contributed by atoms with Gasteiger partial charge in [-0.2, -0.15) is 0 Å². The molecular weight excluding hydrogens is 215 g/mol. The molecule has 1 fully saturated rings. The van der Waals surface area contributed by atoms with Crippen LogP contribution in [0.5, 0.6) is 0 Å². The molecule has 2 heteroatoms. The summed E-state index contributed by atoms with van der Waals surface area (Å²) in [6.07, 6.45) is 1.59. The normalized spacial score (nSPS) is 26.7. The largest absolute Gasteiger partial charge is 0.299 e. The van der Waals surface area contributed by atoms with Crippen LogP contribution in [-0.2, 0) is 4.79 Å². The predicted molar refractivity (Wildman–Crippen MR) is 66.3 cm³/mol. The first-order chi connectivity index (χ1) is 8.08. The molecule has 0 saturated heterocycles. The zero-order valence-corrected chi connectivity index (χ0v) is 10.7. The van der Waals surface area contributed by atoms with Crippen molar-refractivity contribution in [1.29, 1.82) is 0 Å². The molecule has 1 saturated carbocycles. The quantitative estimate of drug-likeness (QED) is 0.774. The third kappa shape index (κ3) is 1.54. The van der Waals surface area contributed by atoms with Crippen molar-refractivity contribution in [3.05, 3.63) is 35.6 Å². The molecule has 1 nitrogen and oxygen atoms in total. The van der Waals surface area contributed by atoms with E-state index in [4.69, 9.17) is 0 Å². The van der Waals surface area contributed by atoms with E-state index < -0.39 is 0 Å². The molecule has 2 atom stereocenters. The fourth-order valence-corrected chi connectivity index (χ4v) is 3.47. The second-order valence-electron chi connectivity index (χ2n) is 5.02. The molecule has 0 heterocycles. The third-order valence-corrected chi connectivity index (χ3v) is 4.50. The van der Waals surface area contributed by atoms with Crippen molar-refractivity contribution in [2.24, 2.45) is 11.3 Å². The summed E-state index contributed by atoms with van der Waals surface area (Å²) in [5.41, 5.74) is 0.380. The van der Waals surface area contributed by atoms with E-state index in [1.54, 1.807) is 6.07 Å². The Balaban J connectivity index is 2.45. The molecule has 92 valence electrons. The highest BCUT2D eigenvalue weighted by Gasteiger charge is 2.58. The summed E-state index contributed by atoms with van der Waals surface area (Å²) in [5.74, 6) is 0.122. The zero-order chi connectivity index (χ0) is 12.6. The van der Waals surface area contributed by atoms with Gasteiger partial charge in [0.05, 0.1) is 0 Å². The van der Waals surface area contributed by atoms with E-state index in [0.29, 0.717) is 11.3 Å². The van der Waals surface area contributed by atoms with Crippen molar-refractivity contribution < 1.29 is 9.18 Å². The maximum atomic E-state index is 13.9. The predicted octanol–water partition coefficient (Wildman–Crippen LogP) is 3.93. The molecule has 0 amide bonds. The first-order valence-electron chi connectivity index (χ1n) is 6.37. The molecule has 0 bridgehead atoms. The van der Waals surface area contributed by atoms with Gasteiger partial charge in [-0.05, 0) is 24.5 Å². The molecule has 2 rings (SSSR count). The average molecular weight is 234 g/mol. The first kappa shape index (κ1) is 12.3. The highest BCUT2D eigenvalue weighted by molar-refractivity contribution is 5.95. The molecular formula is C15H19FO. The Morgan fingerprint density at radius 2 is 1.82 bits per heavy atom. The minimum absolute atomic E-state index is 0.0474. The van der Waals surface area contributed by atoms with Crippen molar-refractivity contribution in [1.82, 2.24) is 0 Å². The van der Waals surface area contributed by atoms with Crippen molar-refractivity contribution in [3.8, 4) is 0 Å². The van der Waals surface area contributed by atoms with Gasteiger partial charge in [-0.3, -0.25) is 4.79 Å². The van der Waals surface area contributed by atoms with Gasteiger partial charge in [-0.15, -0.1) is 0 Å². The Morgan fingerprint density at radius 3 is 2.35 bits per heavy atom. The molecule has 1 aliphatic rings. The summed E-state index contributed by atoms with van der Waals surface area (Å²) < 4.78 is 13.9. The van der Waals surface area contributed by atoms with Crippen LogP contribution in [0.4, 0.5) is 4.39 Å². The molecule has 0 radical (unpaired) electrons. The number of carbonyl (C=O) groups is 1. The highest BCUT2D eigenvalue weighted by Crippen LogP contribution is 2.58. The Labute approximate surface area is 102 Å². The molecule has 1 aromatic rings. The van der Waals surface area contributed by atoms with E-state index in [0.717, 1.165) is 12.8 Å². The SMILES string of the molecule is CCC1(CC)C(=O)C(C)C1c1ccccc1F. The lowest BCUT2D eigenvalue weighted by molar-refractivity contribution is -0.150. The van der Waals surface area contributed by atoms with E-state index >= 15 is 0 Å². The van der Waals surface area contributed by atoms with Gasteiger partial charge >= 0.3 is 0 Å². The van der Waals surface area contributed by atoms with Crippen molar-refractivity contribution in [2.45, 2.75) is 39.5 Å². The van der Waals surface area contributed by atoms with E-state index in [2.05, 4.69) is 0 Å². The molecule has 1 aliphatic carbocycles. The lowest BCUT2D eigenvalue weighted by Gasteiger charge is -2.52. The maximum Gasteiger partial charge on any atom is 0.143 e. The molecule has 17 heavy (non-hydrogen) atoms. The van der Waals surface area contributed by atoms with Gasteiger partial charge in [-0.1, -0.05) is 39.0 Å². The van der Waals surface area contributed by atoms with Gasteiger partial charge in [0, 0.05) is 17.3 Å². The fourth-order valence-electron chi connectivity index (χ4n) is 3.47. The number of benzene rings is 1. The molecule has 0 aromatic heterocycles. The van der Waals surface area contributed by atoms with Crippen LogP contribution in [0.15, 0.2) is 24.3 Å². The van der Waals surface area contributed by atoms with Gasteiger partial charge in [-0.25, -0.2) is 4.39 Å². The second kappa shape index (κ2) is 4.25. The number of ketones is 1. The van der Waals surface area contributed by atoms with Crippen molar-refractivity contribution in [2.75, 3.05) is 0 Å². The Kier molecular flexibility index (Phi) is 3.07. The minimum Gasteiger partial charge on any atom is -0.299 e. The molecule has 0 aliphatic heterocycles. The van der Waals surface area contributed by atoms with Crippen LogP contribution in [0.25, 0.3) is 0 Å². The van der Waals surface area contributed by atoms with E-state index in [1.807, 2.05) is 32.9 Å². The molecule has 2 unspecified atom stereocenters. The van der Waals surface area contributed by atoms with Crippen molar-refractivity contribution >= 4 is 5.78 Å². The smallest absolute Gasteiger partial charge is 0.143 e. The summed E-state index contributed by atoms with van der Waals surface area (Å²) in [5, 5.41) is 0. The number of rotatable bonds is 3. The summed E-state index contributed by atoms with van der Waals surface area (Å²) in [7, 11) is 0. The Hall–Kier alpha value is -1.18. The van der Waals surface area contributed by atoms with Crippen LogP contribution < -0.4 is 0 Å². The van der Waals surface area contributed by atoms with Crippen LogP contribution in [0.2, 0.25) is 0 Å². The number of hydrogen-bond acceptors (Lipinski definition) is 1. The molecule has 1 aromatic carbocycles. The van der Waals surface area contributed by atoms with Crippen LogP contribution >= 0.6 is 0 Å². The Morgan fingerprint density at radius 1 is 1.24 bits per heavy atom. The topological polar surface area (TPSA) is 17.1 Å². The summed E-state index contributed by atoms with van der Waals surface area (Å²) in [4.78, 5) is 12.1. The van der Waals surface area contributed by atoms with Gasteiger partial charge < -0.3 is 0 Å². The standard InChI is InChI=1S/C15H19FO/c1-4-15(5-2)13(10(3)14(15)17)11-8-6-7-9-12(11)16/h6-10,13H,4-5H2,1-3H3. The van der Waals surface area contributed by atoms with Gasteiger partial charge in [0.1, 0.15) is 11.6 Å². The zero-order valence-electron chi connectivity index (χ0n) is 10.7. The van der Waals surface area contributed by atoms with E-state index in [1.165, 1.54) is 6.07 Å². The second-order valence-corrected chi connectivity index (χ2v) is 5.02. The van der Waals surface area contributed by atoms with Crippen LogP contribution in [0.3, 0.4) is 0 Å². The number of hydrogen-bond donors (Lipinski definition) is 0. The number of carbonyl (C=O) groups excluding carboxylic acids is 1. The van der Waals surface area contributed by atoms with E-state index in [-0.39, 0.29) is 23.1 Å². The average Bonchev–Trinajstić information content (AvgIpc) is 2.36. The molecule has 0 spiro atoms. The maximum absolute atomic E-state index is 13.9. The summed E-state index contributed by atoms with van der Waals surface area (Å²) in [6.45, 7) is 5.98. The van der Waals surface area contributed by atoms with Crippen LogP contribution in [-0.4, -0.2) is 5.78 Å².